The monoisotopic (exact) mass is 294 g/mol. The maximum absolute atomic E-state index is 11.8. The Bertz CT molecular complexity index is 524. The molecule has 4 rings (SSSR count). The summed E-state index contributed by atoms with van der Waals surface area (Å²) in [6.07, 6.45) is 3.16. The fraction of sp³-hybridized carbons (Fsp3) is 0.429. The van der Waals surface area contributed by atoms with Crippen LogP contribution in [-0.4, -0.2) is 30.0 Å². The lowest BCUT2D eigenvalue weighted by atomic mass is 9.44. The van der Waals surface area contributed by atoms with Crippen LogP contribution < -0.4 is 15.4 Å². The van der Waals surface area contributed by atoms with Crippen molar-refractivity contribution in [3.8, 4) is 5.75 Å². The molecule has 0 unspecified atom stereocenters. The number of carbonyl (C=O) groups is 2. The van der Waals surface area contributed by atoms with Crippen molar-refractivity contribution in [2.75, 3.05) is 6.61 Å². The second-order valence-corrected chi connectivity index (χ2v) is 6.08. The van der Waals surface area contributed by atoms with Gasteiger partial charge in [0.15, 0.2) is 6.61 Å². The molecule has 1 aromatic carbocycles. The number of carbonyl (C=O) groups excluding carboxylic acids is 2. The summed E-state index contributed by atoms with van der Waals surface area (Å²) in [6.45, 7) is -0.0164. The summed E-state index contributed by atoms with van der Waals surface area (Å²) < 4.78 is 5.38. The highest BCUT2D eigenvalue weighted by Crippen LogP contribution is 2.60. The van der Waals surface area contributed by atoms with Gasteiger partial charge in [0.25, 0.3) is 5.91 Å². The number of amides is 2. The number of hydrogen-bond donors (Lipinski definition) is 2. The van der Waals surface area contributed by atoms with Crippen molar-refractivity contribution in [2.24, 2.45) is 0 Å². The quantitative estimate of drug-likeness (QED) is 0.776. The number of ether oxygens (including phenoxy) is 1. The standard InChI is InChI=1S/C14H15ClN2O3/c15-10-1-3-11(4-2-10)20-5-12(19)17-14-6-13(7-14,8-14)16-9-18/h1-4,9H,5-8H2,(H,16,18)(H,17,19). The molecule has 2 N–H and O–H groups in total. The van der Waals surface area contributed by atoms with Crippen LogP contribution in [0.25, 0.3) is 0 Å². The molecule has 0 atom stereocenters. The summed E-state index contributed by atoms with van der Waals surface area (Å²) in [7, 11) is 0. The highest BCUT2D eigenvalue weighted by molar-refractivity contribution is 6.30. The average molecular weight is 295 g/mol. The smallest absolute Gasteiger partial charge is 0.258 e. The van der Waals surface area contributed by atoms with Gasteiger partial charge in [-0.25, -0.2) is 0 Å². The summed E-state index contributed by atoms with van der Waals surface area (Å²) in [5, 5.41) is 6.42. The van der Waals surface area contributed by atoms with Crippen LogP contribution in [0, 0.1) is 0 Å². The topological polar surface area (TPSA) is 67.4 Å². The maximum atomic E-state index is 11.8. The number of nitrogens with one attached hydrogen (secondary N) is 2. The van der Waals surface area contributed by atoms with Gasteiger partial charge in [-0.2, -0.15) is 0 Å². The van der Waals surface area contributed by atoms with Gasteiger partial charge in [0.1, 0.15) is 5.75 Å². The second-order valence-electron chi connectivity index (χ2n) is 5.64. The molecule has 0 heterocycles. The Morgan fingerprint density at radius 2 is 1.90 bits per heavy atom. The van der Waals surface area contributed by atoms with E-state index in [0.29, 0.717) is 10.8 Å². The Morgan fingerprint density at radius 3 is 2.50 bits per heavy atom. The molecule has 0 radical (unpaired) electrons. The van der Waals surface area contributed by atoms with Crippen LogP contribution in [0.1, 0.15) is 19.3 Å². The molecule has 3 saturated carbocycles. The lowest BCUT2D eigenvalue weighted by molar-refractivity contribution is -0.146. The van der Waals surface area contributed by atoms with Crippen LogP contribution in [-0.2, 0) is 9.59 Å². The molecule has 1 aromatic rings. The third-order valence-electron chi connectivity index (χ3n) is 3.98. The molecule has 0 saturated heterocycles. The molecule has 2 bridgehead atoms. The molecule has 106 valence electrons. The van der Waals surface area contributed by atoms with Crippen LogP contribution in [0.2, 0.25) is 5.02 Å². The van der Waals surface area contributed by atoms with Gasteiger partial charge in [0.2, 0.25) is 6.41 Å². The van der Waals surface area contributed by atoms with Crippen molar-refractivity contribution in [1.29, 1.82) is 0 Å². The molecule has 0 aliphatic heterocycles. The summed E-state index contributed by atoms with van der Waals surface area (Å²) in [6, 6.07) is 6.87. The minimum atomic E-state index is -0.139. The highest BCUT2D eigenvalue weighted by Gasteiger charge is 2.68. The van der Waals surface area contributed by atoms with Crippen LogP contribution >= 0.6 is 11.6 Å². The van der Waals surface area contributed by atoms with Gasteiger partial charge in [-0.15, -0.1) is 0 Å². The fourth-order valence-corrected chi connectivity index (χ4v) is 3.34. The molecular formula is C14H15ClN2O3. The third kappa shape index (κ3) is 2.33. The first-order valence-electron chi connectivity index (χ1n) is 6.46. The minimum absolute atomic E-state index is 0.0164. The average Bonchev–Trinajstić information content (AvgIpc) is 2.34. The van der Waals surface area contributed by atoms with Crippen LogP contribution in [0.15, 0.2) is 24.3 Å². The first kappa shape index (κ1) is 13.2. The number of halogens is 1. The molecule has 5 nitrogen and oxygen atoms in total. The van der Waals surface area contributed by atoms with Crippen molar-refractivity contribution in [1.82, 2.24) is 10.6 Å². The third-order valence-corrected chi connectivity index (χ3v) is 4.24. The molecule has 20 heavy (non-hydrogen) atoms. The predicted molar refractivity (Wildman–Crippen MR) is 73.6 cm³/mol. The van der Waals surface area contributed by atoms with Gasteiger partial charge in [0, 0.05) is 16.1 Å². The van der Waals surface area contributed by atoms with E-state index in [9.17, 15) is 9.59 Å². The number of hydrogen-bond acceptors (Lipinski definition) is 3. The first-order chi connectivity index (χ1) is 9.55. The second kappa shape index (κ2) is 4.66. The number of rotatable bonds is 6. The number of benzene rings is 1. The molecule has 0 aromatic heterocycles. The summed E-state index contributed by atoms with van der Waals surface area (Å²) in [4.78, 5) is 22.2. The molecule has 0 spiro atoms. The van der Waals surface area contributed by atoms with Gasteiger partial charge >= 0.3 is 0 Å². The van der Waals surface area contributed by atoms with E-state index < -0.39 is 0 Å². The van der Waals surface area contributed by atoms with Crippen molar-refractivity contribution in [2.45, 2.75) is 30.3 Å². The normalized spacial score (nSPS) is 29.6. The van der Waals surface area contributed by atoms with E-state index in [2.05, 4.69) is 10.6 Å². The molecule has 3 fully saturated rings. The van der Waals surface area contributed by atoms with Crippen molar-refractivity contribution in [3.63, 3.8) is 0 Å². The zero-order chi connectivity index (χ0) is 14.2. The molecular weight excluding hydrogens is 280 g/mol. The van der Waals surface area contributed by atoms with Crippen LogP contribution in [0.3, 0.4) is 0 Å². The molecule has 2 amide bonds. The van der Waals surface area contributed by atoms with Crippen LogP contribution in [0.4, 0.5) is 0 Å². The minimum Gasteiger partial charge on any atom is -0.484 e. The van der Waals surface area contributed by atoms with E-state index in [1.54, 1.807) is 24.3 Å². The van der Waals surface area contributed by atoms with E-state index in [1.165, 1.54) is 0 Å². The fourth-order valence-electron chi connectivity index (χ4n) is 3.21. The Kier molecular flexibility index (Phi) is 3.09. The van der Waals surface area contributed by atoms with Gasteiger partial charge in [0.05, 0.1) is 0 Å². The first-order valence-corrected chi connectivity index (χ1v) is 6.83. The zero-order valence-electron chi connectivity index (χ0n) is 10.8. The SMILES string of the molecule is O=CNC12CC(NC(=O)COc3ccc(Cl)cc3)(C1)C2. The summed E-state index contributed by atoms with van der Waals surface area (Å²) >= 11 is 5.77. The molecule has 3 aliphatic carbocycles. The van der Waals surface area contributed by atoms with Gasteiger partial charge in [-0.05, 0) is 43.5 Å². The Morgan fingerprint density at radius 1 is 1.25 bits per heavy atom. The van der Waals surface area contributed by atoms with E-state index in [0.717, 1.165) is 25.7 Å². The van der Waals surface area contributed by atoms with E-state index in [-0.39, 0.29) is 23.6 Å². The summed E-state index contributed by atoms with van der Waals surface area (Å²) in [5.74, 6) is 0.473. The van der Waals surface area contributed by atoms with Crippen molar-refractivity contribution < 1.29 is 14.3 Å². The Labute approximate surface area is 121 Å². The lowest BCUT2D eigenvalue weighted by Gasteiger charge is -2.70. The van der Waals surface area contributed by atoms with Gasteiger partial charge in [-0.1, -0.05) is 11.6 Å². The molecule has 3 aliphatic rings. The van der Waals surface area contributed by atoms with E-state index in [1.807, 2.05) is 0 Å². The highest BCUT2D eigenvalue weighted by atomic mass is 35.5. The predicted octanol–water partition coefficient (Wildman–Crippen LogP) is 1.26. The van der Waals surface area contributed by atoms with Crippen molar-refractivity contribution in [3.05, 3.63) is 29.3 Å². The lowest BCUT2D eigenvalue weighted by Crippen LogP contribution is -2.83. The Hall–Kier alpha value is -1.75. The summed E-state index contributed by atoms with van der Waals surface area (Å²) in [5.41, 5.74) is -0.192. The largest absolute Gasteiger partial charge is 0.484 e. The van der Waals surface area contributed by atoms with Crippen LogP contribution in [0.5, 0.6) is 5.75 Å². The van der Waals surface area contributed by atoms with Gasteiger partial charge in [-0.3, -0.25) is 9.59 Å². The van der Waals surface area contributed by atoms with E-state index in [4.69, 9.17) is 16.3 Å². The zero-order valence-corrected chi connectivity index (χ0v) is 11.6. The van der Waals surface area contributed by atoms with Crippen molar-refractivity contribution >= 4 is 23.9 Å². The molecule has 6 heteroatoms. The maximum Gasteiger partial charge on any atom is 0.258 e. The van der Waals surface area contributed by atoms with E-state index >= 15 is 0 Å². The Balaban J connectivity index is 1.43. The van der Waals surface area contributed by atoms with Gasteiger partial charge < -0.3 is 15.4 Å².